The number of rotatable bonds is 3. The van der Waals surface area contributed by atoms with Crippen molar-refractivity contribution >= 4 is 17.0 Å². The van der Waals surface area contributed by atoms with Gasteiger partial charge in [0.15, 0.2) is 0 Å². The zero-order chi connectivity index (χ0) is 15.0. The number of hydrogen-bond acceptors (Lipinski definition) is 4. The van der Waals surface area contributed by atoms with E-state index in [9.17, 15) is 9.59 Å². The first kappa shape index (κ1) is 13.8. The molecule has 1 fully saturated rings. The summed E-state index contributed by atoms with van der Waals surface area (Å²) in [5.74, 6) is -0.945. The van der Waals surface area contributed by atoms with Gasteiger partial charge in [-0.2, -0.15) is 5.10 Å². The normalized spacial score (nSPS) is 17.4. The van der Waals surface area contributed by atoms with Gasteiger partial charge in [-0.15, -0.1) is 0 Å². The van der Waals surface area contributed by atoms with Crippen LogP contribution in [0.15, 0.2) is 17.1 Å². The molecule has 3 rings (SSSR count). The molecule has 1 saturated heterocycles. The van der Waals surface area contributed by atoms with Gasteiger partial charge < -0.3 is 10.1 Å². The molecule has 0 aliphatic carbocycles. The van der Waals surface area contributed by atoms with Gasteiger partial charge in [-0.05, 0) is 31.5 Å². The Balaban J connectivity index is 1.80. The van der Waals surface area contributed by atoms with Crippen LogP contribution in [0.25, 0.3) is 11.0 Å². The number of piperidine rings is 1. The number of aromatic nitrogens is 3. The molecular formula is C14H18N4O3. The number of aliphatic carboxylic acids is 1. The average Bonchev–Trinajstić information content (AvgIpc) is 2.81. The average molecular weight is 290 g/mol. The summed E-state index contributed by atoms with van der Waals surface area (Å²) in [5.41, 5.74) is 1.52. The van der Waals surface area contributed by atoms with E-state index in [1.165, 1.54) is 0 Å². The molecule has 21 heavy (non-hydrogen) atoms. The molecule has 1 aliphatic rings. The molecule has 0 amide bonds. The van der Waals surface area contributed by atoms with Crippen LogP contribution < -0.4 is 5.56 Å². The van der Waals surface area contributed by atoms with Crippen molar-refractivity contribution in [3.63, 3.8) is 0 Å². The summed E-state index contributed by atoms with van der Waals surface area (Å²) < 4.78 is 1.65. The maximum atomic E-state index is 11.7. The first-order chi connectivity index (χ1) is 10.0. The number of carbonyl (C=O) groups is 1. The van der Waals surface area contributed by atoms with Crippen LogP contribution in [0.5, 0.6) is 0 Å². The first-order valence-corrected chi connectivity index (χ1v) is 7.03. The first-order valence-electron chi connectivity index (χ1n) is 7.03. The zero-order valence-electron chi connectivity index (χ0n) is 11.9. The maximum Gasteiger partial charge on any atom is 0.306 e. The highest BCUT2D eigenvalue weighted by Gasteiger charge is 2.24. The van der Waals surface area contributed by atoms with Gasteiger partial charge >= 0.3 is 5.97 Å². The minimum absolute atomic E-state index is 0.137. The third-order valence-electron chi connectivity index (χ3n) is 4.16. The number of likely N-dealkylation sites (tertiary alicyclic amines) is 1. The molecule has 7 nitrogen and oxygen atoms in total. The summed E-state index contributed by atoms with van der Waals surface area (Å²) >= 11 is 0. The number of pyridine rings is 1. The van der Waals surface area contributed by atoms with E-state index < -0.39 is 5.97 Å². The van der Waals surface area contributed by atoms with Gasteiger partial charge in [0.25, 0.3) is 0 Å². The molecule has 3 heterocycles. The van der Waals surface area contributed by atoms with Gasteiger partial charge in [0.1, 0.15) is 5.65 Å². The van der Waals surface area contributed by atoms with Crippen molar-refractivity contribution < 1.29 is 9.90 Å². The summed E-state index contributed by atoms with van der Waals surface area (Å²) in [6, 6.07) is 1.60. The Morgan fingerprint density at radius 3 is 2.86 bits per heavy atom. The van der Waals surface area contributed by atoms with E-state index in [0.717, 1.165) is 29.7 Å². The van der Waals surface area contributed by atoms with Crippen LogP contribution in [-0.2, 0) is 18.4 Å². The molecule has 0 aromatic carbocycles. The fraction of sp³-hybridized carbons (Fsp3) is 0.500. The van der Waals surface area contributed by atoms with Crippen LogP contribution in [0.3, 0.4) is 0 Å². The van der Waals surface area contributed by atoms with Crippen molar-refractivity contribution in [1.82, 2.24) is 19.7 Å². The van der Waals surface area contributed by atoms with Crippen molar-refractivity contribution in [1.29, 1.82) is 0 Å². The predicted molar refractivity (Wildman–Crippen MR) is 77.0 cm³/mol. The van der Waals surface area contributed by atoms with E-state index in [-0.39, 0.29) is 11.5 Å². The molecule has 2 aromatic rings. The Morgan fingerprint density at radius 2 is 2.19 bits per heavy atom. The van der Waals surface area contributed by atoms with Crippen LogP contribution in [0.4, 0.5) is 0 Å². The number of H-pyrrole nitrogens is 1. The fourth-order valence-electron chi connectivity index (χ4n) is 2.92. The highest BCUT2D eigenvalue weighted by atomic mass is 16.4. The third kappa shape index (κ3) is 2.69. The number of aryl methyl sites for hydroxylation is 1. The number of carboxylic acid groups (broad SMARTS) is 1. The molecule has 0 saturated carbocycles. The second kappa shape index (κ2) is 5.33. The maximum absolute atomic E-state index is 11.7. The zero-order valence-corrected chi connectivity index (χ0v) is 11.9. The predicted octanol–water partition coefficient (Wildman–Crippen LogP) is 0.558. The van der Waals surface area contributed by atoms with E-state index in [4.69, 9.17) is 5.11 Å². The van der Waals surface area contributed by atoms with Gasteiger partial charge in [-0.3, -0.25) is 19.2 Å². The number of nitrogens with zero attached hydrogens (tertiary/aromatic N) is 3. The lowest BCUT2D eigenvalue weighted by Crippen LogP contribution is -2.36. The van der Waals surface area contributed by atoms with E-state index in [0.29, 0.717) is 19.4 Å². The summed E-state index contributed by atoms with van der Waals surface area (Å²) in [6.45, 7) is 2.13. The molecule has 7 heteroatoms. The van der Waals surface area contributed by atoms with E-state index in [1.54, 1.807) is 24.0 Å². The van der Waals surface area contributed by atoms with Crippen molar-refractivity contribution in [2.24, 2.45) is 13.0 Å². The molecule has 112 valence electrons. The standard InChI is InChI=1S/C14H18N4O3/c1-17-13-11(7-15-17)10(6-12(19)16-13)8-18-4-2-9(3-5-18)14(20)21/h6-7,9H,2-5,8H2,1H3,(H,16,19)(H,20,21). The molecule has 0 atom stereocenters. The lowest BCUT2D eigenvalue weighted by Gasteiger charge is -2.30. The lowest BCUT2D eigenvalue weighted by atomic mass is 9.97. The van der Waals surface area contributed by atoms with Gasteiger partial charge in [0.2, 0.25) is 5.56 Å². The van der Waals surface area contributed by atoms with Crippen molar-refractivity contribution in [3.05, 3.63) is 28.2 Å². The van der Waals surface area contributed by atoms with Crippen molar-refractivity contribution in [2.45, 2.75) is 19.4 Å². The highest BCUT2D eigenvalue weighted by Crippen LogP contribution is 2.21. The molecule has 2 N–H and O–H groups in total. The molecule has 1 aliphatic heterocycles. The molecule has 0 unspecified atom stereocenters. The minimum atomic E-state index is -0.708. The van der Waals surface area contributed by atoms with Gasteiger partial charge in [0.05, 0.1) is 12.1 Å². The van der Waals surface area contributed by atoms with Gasteiger partial charge in [-0.1, -0.05) is 0 Å². The van der Waals surface area contributed by atoms with Crippen LogP contribution >= 0.6 is 0 Å². The van der Waals surface area contributed by atoms with Crippen molar-refractivity contribution in [2.75, 3.05) is 13.1 Å². The van der Waals surface area contributed by atoms with E-state index in [1.807, 2.05) is 0 Å². The van der Waals surface area contributed by atoms with Crippen molar-refractivity contribution in [3.8, 4) is 0 Å². The van der Waals surface area contributed by atoms with Gasteiger partial charge in [0, 0.05) is 25.0 Å². The second-order valence-corrected chi connectivity index (χ2v) is 5.58. The summed E-state index contributed by atoms with van der Waals surface area (Å²) in [6.07, 6.45) is 3.08. The van der Waals surface area contributed by atoms with Crippen LogP contribution in [0, 0.1) is 5.92 Å². The Hall–Kier alpha value is -2.15. The van der Waals surface area contributed by atoms with Crippen LogP contribution in [-0.4, -0.2) is 43.8 Å². The number of carboxylic acids is 1. The van der Waals surface area contributed by atoms with Crippen LogP contribution in [0.2, 0.25) is 0 Å². The molecule has 0 spiro atoms. The van der Waals surface area contributed by atoms with Crippen LogP contribution in [0.1, 0.15) is 18.4 Å². The minimum Gasteiger partial charge on any atom is -0.481 e. The number of fused-ring (bicyclic) bond motifs is 1. The fourth-order valence-corrected chi connectivity index (χ4v) is 2.92. The Morgan fingerprint density at radius 1 is 1.48 bits per heavy atom. The molecular weight excluding hydrogens is 272 g/mol. The van der Waals surface area contributed by atoms with E-state index >= 15 is 0 Å². The van der Waals surface area contributed by atoms with Gasteiger partial charge in [-0.25, -0.2) is 0 Å². The molecule has 0 radical (unpaired) electrons. The lowest BCUT2D eigenvalue weighted by molar-refractivity contribution is -0.143. The second-order valence-electron chi connectivity index (χ2n) is 5.58. The Labute approximate surface area is 121 Å². The Bertz CT molecular complexity index is 725. The molecule has 2 aromatic heterocycles. The topological polar surface area (TPSA) is 91.2 Å². The third-order valence-corrected chi connectivity index (χ3v) is 4.16. The SMILES string of the molecule is Cn1ncc2c(CN3CCC(C(=O)O)CC3)cc(=O)[nH]c21. The summed E-state index contributed by atoms with van der Waals surface area (Å²) in [5, 5.41) is 14.1. The smallest absolute Gasteiger partial charge is 0.306 e. The Kier molecular flexibility index (Phi) is 3.50. The van der Waals surface area contributed by atoms with E-state index in [2.05, 4.69) is 15.0 Å². The highest BCUT2D eigenvalue weighted by molar-refractivity contribution is 5.78. The monoisotopic (exact) mass is 290 g/mol. The summed E-state index contributed by atoms with van der Waals surface area (Å²) in [4.78, 5) is 27.7. The molecule has 0 bridgehead atoms. The number of nitrogens with one attached hydrogen (secondary N) is 1. The number of aromatic amines is 1. The quantitative estimate of drug-likeness (QED) is 0.862. The summed E-state index contributed by atoms with van der Waals surface area (Å²) in [7, 11) is 1.79. The largest absolute Gasteiger partial charge is 0.481 e. The number of hydrogen-bond donors (Lipinski definition) is 2.